The Kier molecular flexibility index (Phi) is 4.81. The van der Waals surface area contributed by atoms with Crippen molar-refractivity contribution in [2.75, 3.05) is 0 Å². The van der Waals surface area contributed by atoms with Gasteiger partial charge in [-0.25, -0.2) is 9.97 Å². The third-order valence-electron chi connectivity index (χ3n) is 8.27. The van der Waals surface area contributed by atoms with Crippen molar-refractivity contribution in [1.82, 2.24) is 14.5 Å². The molecule has 0 saturated heterocycles. The second-order valence-corrected chi connectivity index (χ2v) is 11.6. The number of benzene rings is 6. The lowest BCUT2D eigenvalue weighted by molar-refractivity contribution is 1.00. The molecule has 6 aromatic carbocycles. The first-order chi connectivity index (χ1) is 20.8. The molecule has 194 valence electrons. The molecule has 4 nitrogen and oxygen atoms in total. The molecule has 0 spiro atoms. The van der Waals surface area contributed by atoms with E-state index in [0.717, 1.165) is 32.7 Å². The van der Waals surface area contributed by atoms with Crippen molar-refractivity contribution < 1.29 is 0 Å². The van der Waals surface area contributed by atoms with Gasteiger partial charge in [0, 0.05) is 36.3 Å². The van der Waals surface area contributed by atoms with E-state index >= 15 is 0 Å². The molecule has 3 aromatic heterocycles. The number of hydrogen-bond acceptors (Lipinski definition) is 4. The zero-order chi connectivity index (χ0) is 27.8. The van der Waals surface area contributed by atoms with Crippen molar-refractivity contribution in [3.05, 3.63) is 127 Å². The molecule has 0 aliphatic rings. The summed E-state index contributed by atoms with van der Waals surface area (Å²) >= 11 is 1.86. The number of fused-ring (bicyclic) bond motifs is 9. The Bertz CT molecular complexity index is 2600. The predicted octanol–water partition coefficient (Wildman–Crippen LogP) is 9.79. The summed E-state index contributed by atoms with van der Waals surface area (Å²) in [5.74, 6) is 0.502. The minimum Gasteiger partial charge on any atom is -0.278 e. The van der Waals surface area contributed by atoms with Crippen molar-refractivity contribution in [1.29, 1.82) is 5.26 Å². The van der Waals surface area contributed by atoms with Crippen LogP contribution in [0.4, 0.5) is 0 Å². The monoisotopic (exact) mass is 552 g/mol. The van der Waals surface area contributed by atoms with Gasteiger partial charge in [-0.2, -0.15) is 5.26 Å². The summed E-state index contributed by atoms with van der Waals surface area (Å²) in [7, 11) is 0. The van der Waals surface area contributed by atoms with Gasteiger partial charge >= 0.3 is 0 Å². The Labute approximate surface area is 244 Å². The van der Waals surface area contributed by atoms with Crippen LogP contribution in [0.15, 0.2) is 121 Å². The van der Waals surface area contributed by atoms with Crippen LogP contribution in [-0.2, 0) is 0 Å². The van der Waals surface area contributed by atoms with Crippen molar-refractivity contribution in [2.45, 2.75) is 0 Å². The lowest BCUT2D eigenvalue weighted by Gasteiger charge is -2.09. The van der Waals surface area contributed by atoms with Crippen LogP contribution in [-0.4, -0.2) is 14.5 Å². The first-order valence-corrected chi connectivity index (χ1v) is 14.6. The molecule has 0 fully saturated rings. The van der Waals surface area contributed by atoms with Gasteiger partial charge in [-0.3, -0.25) is 4.57 Å². The molecule has 3 heterocycles. The van der Waals surface area contributed by atoms with Crippen molar-refractivity contribution in [3.8, 4) is 23.1 Å². The molecule has 0 aliphatic heterocycles. The molecule has 0 N–H and O–H groups in total. The fourth-order valence-electron chi connectivity index (χ4n) is 6.40. The summed E-state index contributed by atoms with van der Waals surface area (Å²) < 4.78 is 4.67. The fourth-order valence-corrected chi connectivity index (χ4v) is 7.65. The van der Waals surface area contributed by atoms with E-state index in [0.29, 0.717) is 11.6 Å². The normalized spacial score (nSPS) is 11.8. The van der Waals surface area contributed by atoms with Gasteiger partial charge in [0.15, 0.2) is 5.69 Å². The number of rotatable bonds is 2. The van der Waals surface area contributed by atoms with Gasteiger partial charge < -0.3 is 0 Å². The predicted molar refractivity (Wildman–Crippen MR) is 174 cm³/mol. The maximum Gasteiger partial charge on any atom is 0.236 e. The summed E-state index contributed by atoms with van der Waals surface area (Å²) in [6.45, 7) is 0. The Morgan fingerprint density at radius 1 is 0.619 bits per heavy atom. The van der Waals surface area contributed by atoms with Crippen LogP contribution in [0.3, 0.4) is 0 Å². The maximum atomic E-state index is 9.90. The molecule has 9 aromatic rings. The van der Waals surface area contributed by atoms with Gasteiger partial charge in [-0.15, -0.1) is 11.3 Å². The lowest BCUT2D eigenvalue weighted by atomic mass is 9.99. The Balaban J connectivity index is 1.31. The molecular formula is C37H20N4S. The van der Waals surface area contributed by atoms with E-state index in [2.05, 4.69) is 102 Å². The number of nitrogens with zero attached hydrogens (tertiary/aromatic N) is 4. The van der Waals surface area contributed by atoms with Crippen molar-refractivity contribution in [2.24, 2.45) is 0 Å². The quantitative estimate of drug-likeness (QED) is 0.214. The average molecular weight is 553 g/mol. The summed E-state index contributed by atoms with van der Waals surface area (Å²) in [5, 5.41) is 18.1. The largest absolute Gasteiger partial charge is 0.278 e. The first kappa shape index (κ1) is 23.2. The highest BCUT2D eigenvalue weighted by molar-refractivity contribution is 7.26. The van der Waals surface area contributed by atoms with Crippen molar-refractivity contribution >= 4 is 75.0 Å². The van der Waals surface area contributed by atoms with Crippen LogP contribution in [0, 0.1) is 11.3 Å². The topological polar surface area (TPSA) is 54.5 Å². The highest BCUT2D eigenvalue weighted by Gasteiger charge is 2.18. The molecule has 0 radical (unpaired) electrons. The van der Waals surface area contributed by atoms with Gasteiger partial charge in [0.25, 0.3) is 0 Å². The summed E-state index contributed by atoms with van der Waals surface area (Å²) in [6.07, 6.45) is 0. The molecule has 0 unspecified atom stereocenters. The summed E-state index contributed by atoms with van der Waals surface area (Å²) in [6, 6.07) is 44.7. The Morgan fingerprint density at radius 2 is 1.38 bits per heavy atom. The highest BCUT2D eigenvalue weighted by Crippen LogP contribution is 2.44. The Morgan fingerprint density at radius 3 is 2.29 bits per heavy atom. The van der Waals surface area contributed by atoms with E-state index in [4.69, 9.17) is 9.97 Å². The number of aromatic nitrogens is 3. The van der Waals surface area contributed by atoms with Crippen molar-refractivity contribution in [3.63, 3.8) is 0 Å². The van der Waals surface area contributed by atoms with E-state index in [1.165, 1.54) is 42.1 Å². The van der Waals surface area contributed by atoms with Crippen LogP contribution < -0.4 is 0 Å². The zero-order valence-electron chi connectivity index (χ0n) is 22.2. The fraction of sp³-hybridized carbons (Fsp3) is 0. The van der Waals surface area contributed by atoms with E-state index in [-0.39, 0.29) is 0 Å². The van der Waals surface area contributed by atoms with E-state index in [9.17, 15) is 5.26 Å². The smallest absolute Gasteiger partial charge is 0.236 e. The van der Waals surface area contributed by atoms with Gasteiger partial charge in [0.05, 0.1) is 16.6 Å². The number of para-hydroxylation sites is 2. The highest BCUT2D eigenvalue weighted by atomic mass is 32.1. The van der Waals surface area contributed by atoms with Crippen LogP contribution in [0.1, 0.15) is 5.69 Å². The second kappa shape index (κ2) is 8.71. The minimum absolute atomic E-state index is 0.377. The summed E-state index contributed by atoms with van der Waals surface area (Å²) in [5.41, 5.74) is 5.55. The summed E-state index contributed by atoms with van der Waals surface area (Å²) in [4.78, 5) is 9.62. The third kappa shape index (κ3) is 3.21. The third-order valence-corrected chi connectivity index (χ3v) is 9.47. The first-order valence-electron chi connectivity index (χ1n) is 13.8. The molecule has 0 saturated carbocycles. The van der Waals surface area contributed by atoms with Crippen LogP contribution in [0.5, 0.6) is 0 Å². The van der Waals surface area contributed by atoms with Crippen LogP contribution in [0.2, 0.25) is 0 Å². The SMILES string of the molecule is N#Cc1nc(-n2c3ccccc3c3cc(-c4cccc5c4sc4ccc6ccccc6c45)ccc32)nc2ccccc12. The van der Waals surface area contributed by atoms with Gasteiger partial charge in [0.1, 0.15) is 6.07 Å². The Hall–Kier alpha value is -5.57. The molecule has 9 rings (SSSR count). The molecule has 0 bridgehead atoms. The van der Waals surface area contributed by atoms with E-state index < -0.39 is 0 Å². The molecule has 0 atom stereocenters. The second-order valence-electron chi connectivity index (χ2n) is 10.5. The molecule has 0 aliphatic carbocycles. The maximum absolute atomic E-state index is 9.90. The average Bonchev–Trinajstić information content (AvgIpc) is 3.60. The van der Waals surface area contributed by atoms with Crippen LogP contribution in [0.25, 0.3) is 80.7 Å². The minimum atomic E-state index is 0.377. The number of nitriles is 1. The molecular weight excluding hydrogens is 533 g/mol. The molecule has 0 amide bonds. The molecule has 5 heteroatoms. The van der Waals surface area contributed by atoms with E-state index in [1.807, 2.05) is 41.7 Å². The number of thiophene rings is 1. The standard InChI is InChI=1S/C37H20N4S/c38-21-31-27-11-3-5-14-30(27)39-37(40-31)41-32-15-6-4-10-26(32)29-20-23(16-18-33(29)41)25-12-7-13-28-35-24-9-2-1-8-22(24)17-19-34(35)42-36(25)28/h1-20H. The van der Waals surface area contributed by atoms with Gasteiger partial charge in [0.2, 0.25) is 5.95 Å². The number of hydrogen-bond donors (Lipinski definition) is 0. The zero-order valence-corrected chi connectivity index (χ0v) is 23.1. The van der Waals surface area contributed by atoms with Gasteiger partial charge in [-0.05, 0) is 58.3 Å². The lowest BCUT2D eigenvalue weighted by Crippen LogP contribution is -2.03. The molecule has 42 heavy (non-hydrogen) atoms. The van der Waals surface area contributed by atoms with Gasteiger partial charge in [-0.1, -0.05) is 84.9 Å². The van der Waals surface area contributed by atoms with E-state index in [1.54, 1.807) is 0 Å². The van der Waals surface area contributed by atoms with Crippen LogP contribution >= 0.6 is 11.3 Å².